The number of halogens is 4. The Kier molecular flexibility index (Phi) is 11.3. The van der Waals surface area contributed by atoms with Crippen LogP contribution < -0.4 is 0 Å². The number of azide groups is 1. The van der Waals surface area contributed by atoms with E-state index in [4.69, 9.17) is 24.5 Å². The number of carbonyl (C=O) groups excluding carboxylic acids is 1. The van der Waals surface area contributed by atoms with Gasteiger partial charge in [-0.1, -0.05) is 5.11 Å². The summed E-state index contributed by atoms with van der Waals surface area (Å²) < 4.78 is 76.4. The van der Waals surface area contributed by atoms with Crippen molar-refractivity contribution in [1.82, 2.24) is 0 Å². The summed E-state index contributed by atoms with van der Waals surface area (Å²) in [7, 11) is 0. The number of benzene rings is 1. The average molecular weight is 511 g/mol. The van der Waals surface area contributed by atoms with E-state index in [2.05, 4.69) is 10.0 Å². The van der Waals surface area contributed by atoms with E-state index in [1.807, 2.05) is 0 Å². The number of ketones is 1. The van der Waals surface area contributed by atoms with E-state index in [0.717, 1.165) is 0 Å². The molecule has 0 saturated carbocycles. The maximum absolute atomic E-state index is 14.0. The van der Waals surface area contributed by atoms with Gasteiger partial charge in [0.25, 0.3) is 0 Å². The molecule has 1 aromatic carbocycles. The number of hydrogen-bond donors (Lipinski definition) is 3. The normalized spacial score (nSPS) is 24.3. The zero-order valence-electron chi connectivity index (χ0n) is 18.6. The minimum atomic E-state index is -1.96. The topological polar surface area (TPSA) is 163 Å². The molecule has 0 bridgehead atoms. The summed E-state index contributed by atoms with van der Waals surface area (Å²) in [5, 5.41) is 31.7. The van der Waals surface area contributed by atoms with E-state index < -0.39 is 77.4 Å². The minimum absolute atomic E-state index is 0.00841. The monoisotopic (exact) mass is 511 g/mol. The number of hydrogen-bond acceptors (Lipinski definition) is 9. The largest absolute Gasteiger partial charge is 0.388 e. The third-order valence-electron chi connectivity index (χ3n) is 5.05. The predicted molar refractivity (Wildman–Crippen MR) is 109 cm³/mol. The minimum Gasteiger partial charge on any atom is -0.388 e. The molecule has 11 nitrogen and oxygen atoms in total. The van der Waals surface area contributed by atoms with E-state index in [1.165, 1.54) is 6.92 Å². The Labute approximate surface area is 196 Å². The SMILES string of the molecule is C[C@@H]1OC(OCCOCCOCCCC(=O)c2c(F)c(F)c(N=[N+]=[N-])c(F)c2F)[C@@H](O)C(O)[C@H]1O. The number of aliphatic hydroxyl groups excluding tert-OH is 3. The Morgan fingerprint density at radius 3 is 2.11 bits per heavy atom. The second kappa shape index (κ2) is 13.7. The Bertz CT molecular complexity index is 905. The quantitative estimate of drug-likeness (QED) is 0.0689. The summed E-state index contributed by atoms with van der Waals surface area (Å²) in [5.74, 6) is -9.01. The molecule has 0 spiro atoms. The van der Waals surface area contributed by atoms with Gasteiger partial charge in [-0.15, -0.1) is 0 Å². The van der Waals surface area contributed by atoms with Gasteiger partial charge < -0.3 is 34.3 Å². The van der Waals surface area contributed by atoms with E-state index >= 15 is 0 Å². The van der Waals surface area contributed by atoms with Gasteiger partial charge in [-0.05, 0) is 18.9 Å². The second-order valence-corrected chi connectivity index (χ2v) is 7.47. The van der Waals surface area contributed by atoms with Crippen molar-refractivity contribution in [3.8, 4) is 0 Å². The molecule has 1 aliphatic heterocycles. The third-order valence-corrected chi connectivity index (χ3v) is 5.05. The first-order chi connectivity index (χ1) is 16.6. The van der Waals surface area contributed by atoms with Crippen LogP contribution in [0.15, 0.2) is 5.11 Å². The fraction of sp³-hybridized carbons (Fsp3) is 0.650. The van der Waals surface area contributed by atoms with Gasteiger partial charge in [0.15, 0.2) is 35.3 Å². The lowest BCUT2D eigenvalue weighted by Crippen LogP contribution is -2.57. The Hall–Kier alpha value is -2.36. The highest BCUT2D eigenvalue weighted by Gasteiger charge is 2.42. The summed E-state index contributed by atoms with van der Waals surface area (Å²) in [6.07, 6.45) is -6.41. The molecule has 0 radical (unpaired) electrons. The van der Waals surface area contributed by atoms with Crippen LogP contribution in [0.5, 0.6) is 0 Å². The van der Waals surface area contributed by atoms with E-state index in [-0.39, 0.29) is 39.5 Å². The van der Waals surface area contributed by atoms with Gasteiger partial charge in [0.1, 0.15) is 24.0 Å². The van der Waals surface area contributed by atoms with Crippen LogP contribution in [0.3, 0.4) is 0 Å². The highest BCUT2D eigenvalue weighted by Crippen LogP contribution is 2.31. The second-order valence-electron chi connectivity index (χ2n) is 7.47. The smallest absolute Gasteiger partial charge is 0.186 e. The van der Waals surface area contributed by atoms with Crippen molar-refractivity contribution in [3.63, 3.8) is 0 Å². The molecule has 196 valence electrons. The van der Waals surface area contributed by atoms with Crippen LogP contribution in [0.2, 0.25) is 0 Å². The number of aliphatic hydroxyl groups is 3. The van der Waals surface area contributed by atoms with Crippen molar-refractivity contribution in [1.29, 1.82) is 0 Å². The average Bonchev–Trinajstić information content (AvgIpc) is 2.83. The van der Waals surface area contributed by atoms with Gasteiger partial charge in [0, 0.05) is 17.9 Å². The first kappa shape index (κ1) is 28.9. The molecule has 0 amide bonds. The van der Waals surface area contributed by atoms with Crippen molar-refractivity contribution < 1.29 is 56.6 Å². The van der Waals surface area contributed by atoms with Gasteiger partial charge >= 0.3 is 0 Å². The fourth-order valence-corrected chi connectivity index (χ4v) is 3.15. The Morgan fingerprint density at radius 1 is 0.943 bits per heavy atom. The molecule has 1 heterocycles. The van der Waals surface area contributed by atoms with Crippen LogP contribution >= 0.6 is 0 Å². The van der Waals surface area contributed by atoms with Gasteiger partial charge in [-0.3, -0.25) is 4.79 Å². The Balaban J connectivity index is 1.63. The standard InChI is InChI=1S/C20H25F4N3O8/c1-9-17(29)18(30)19(31)20(35-9)34-8-7-33-6-5-32-4-2-3-10(28)11-12(21)14(23)16(26-27-25)15(24)13(11)22/h9,17-20,29-31H,2-8H2,1H3/t9-,17-,18?,19-,20?/m0/s1. The molecule has 1 aromatic rings. The van der Waals surface area contributed by atoms with Gasteiger partial charge in [0.2, 0.25) is 0 Å². The molecule has 0 aromatic heterocycles. The highest BCUT2D eigenvalue weighted by atomic mass is 19.2. The molecule has 1 aliphatic rings. The van der Waals surface area contributed by atoms with Gasteiger partial charge in [0.05, 0.1) is 38.1 Å². The first-order valence-electron chi connectivity index (χ1n) is 10.5. The van der Waals surface area contributed by atoms with Crippen LogP contribution in [0.1, 0.15) is 30.1 Å². The molecule has 0 aliphatic carbocycles. The van der Waals surface area contributed by atoms with Gasteiger partial charge in [-0.25, -0.2) is 17.6 Å². The maximum Gasteiger partial charge on any atom is 0.186 e. The highest BCUT2D eigenvalue weighted by molar-refractivity contribution is 5.97. The molecule has 2 rings (SSSR count). The number of rotatable bonds is 13. The molecular formula is C20H25F4N3O8. The van der Waals surface area contributed by atoms with Crippen LogP contribution in [-0.2, 0) is 18.9 Å². The van der Waals surface area contributed by atoms with Crippen LogP contribution in [-0.4, -0.2) is 84.8 Å². The van der Waals surface area contributed by atoms with Crippen LogP contribution in [0, 0.1) is 23.3 Å². The van der Waals surface area contributed by atoms with E-state index in [0.29, 0.717) is 0 Å². The maximum atomic E-state index is 14.0. The summed E-state index contributed by atoms with van der Waals surface area (Å²) >= 11 is 0. The molecule has 1 fully saturated rings. The zero-order chi connectivity index (χ0) is 26.1. The number of Topliss-reactive ketones (excluding diaryl/α,β-unsaturated/α-hetero) is 1. The number of nitrogens with zero attached hydrogens (tertiary/aromatic N) is 3. The molecule has 35 heavy (non-hydrogen) atoms. The number of ether oxygens (including phenoxy) is 4. The first-order valence-corrected chi connectivity index (χ1v) is 10.5. The predicted octanol–water partition coefficient (Wildman–Crippen LogP) is 2.02. The third kappa shape index (κ3) is 7.32. The van der Waals surface area contributed by atoms with Crippen molar-refractivity contribution in [2.45, 2.75) is 50.5 Å². The van der Waals surface area contributed by atoms with Crippen molar-refractivity contribution in [2.24, 2.45) is 5.11 Å². The lowest BCUT2D eigenvalue weighted by atomic mass is 10.0. The zero-order valence-corrected chi connectivity index (χ0v) is 18.6. The lowest BCUT2D eigenvalue weighted by Gasteiger charge is -2.38. The van der Waals surface area contributed by atoms with E-state index in [1.54, 1.807) is 0 Å². The fourth-order valence-electron chi connectivity index (χ4n) is 3.15. The van der Waals surface area contributed by atoms with Gasteiger partial charge in [-0.2, -0.15) is 0 Å². The summed E-state index contributed by atoms with van der Waals surface area (Å²) in [4.78, 5) is 14.1. The molecule has 2 unspecified atom stereocenters. The molecule has 15 heteroatoms. The summed E-state index contributed by atoms with van der Waals surface area (Å²) in [6.45, 7) is 1.80. The van der Waals surface area contributed by atoms with Crippen molar-refractivity contribution in [3.05, 3.63) is 39.3 Å². The van der Waals surface area contributed by atoms with Crippen LogP contribution in [0.25, 0.3) is 10.4 Å². The van der Waals surface area contributed by atoms with E-state index in [9.17, 15) is 37.7 Å². The van der Waals surface area contributed by atoms with Crippen molar-refractivity contribution in [2.75, 3.05) is 33.0 Å². The summed E-state index contributed by atoms with van der Waals surface area (Å²) in [6, 6.07) is 0. The van der Waals surface area contributed by atoms with Crippen molar-refractivity contribution >= 4 is 11.5 Å². The lowest BCUT2D eigenvalue weighted by molar-refractivity contribution is -0.294. The molecule has 3 N–H and O–H groups in total. The number of carbonyl (C=O) groups is 1. The molecule has 5 atom stereocenters. The summed E-state index contributed by atoms with van der Waals surface area (Å²) in [5.41, 5.74) is 5.32. The Morgan fingerprint density at radius 2 is 1.51 bits per heavy atom. The van der Waals surface area contributed by atoms with Crippen LogP contribution in [0.4, 0.5) is 23.2 Å². The molecular weight excluding hydrogens is 486 g/mol. The molecule has 1 saturated heterocycles.